The first kappa shape index (κ1) is 11.8. The van der Waals surface area contributed by atoms with Crippen LogP contribution in [-0.4, -0.2) is 5.11 Å². The highest BCUT2D eigenvalue weighted by Crippen LogP contribution is 2.31. The van der Waals surface area contributed by atoms with Crippen LogP contribution in [0.5, 0.6) is 17.2 Å². The summed E-state index contributed by atoms with van der Waals surface area (Å²) in [5, 5.41) is 18.3. The molecule has 0 amide bonds. The Hall–Kier alpha value is -2.67. The first-order valence-electron chi connectivity index (χ1n) is 5.37. The van der Waals surface area contributed by atoms with Gasteiger partial charge in [-0.1, -0.05) is 0 Å². The van der Waals surface area contributed by atoms with E-state index in [-0.39, 0.29) is 5.75 Å². The SMILES string of the molecule is Cc1cc(N)cc(C#N)c1Oc1ccc(O)cc1. The monoisotopic (exact) mass is 240 g/mol. The molecule has 0 bridgehead atoms. The largest absolute Gasteiger partial charge is 0.508 e. The van der Waals surface area contributed by atoms with E-state index in [0.717, 1.165) is 5.56 Å². The first-order valence-corrected chi connectivity index (χ1v) is 5.37. The predicted molar refractivity (Wildman–Crippen MR) is 68.5 cm³/mol. The van der Waals surface area contributed by atoms with E-state index in [0.29, 0.717) is 22.7 Å². The molecule has 0 saturated carbocycles. The summed E-state index contributed by atoms with van der Waals surface area (Å²) in [6.45, 7) is 1.83. The minimum Gasteiger partial charge on any atom is -0.508 e. The molecule has 3 N–H and O–H groups in total. The van der Waals surface area contributed by atoms with Crippen LogP contribution in [0, 0.1) is 18.3 Å². The van der Waals surface area contributed by atoms with E-state index >= 15 is 0 Å². The molecule has 2 aromatic carbocycles. The van der Waals surface area contributed by atoms with E-state index in [4.69, 9.17) is 15.7 Å². The van der Waals surface area contributed by atoms with Gasteiger partial charge in [0.2, 0.25) is 0 Å². The van der Waals surface area contributed by atoms with Gasteiger partial charge < -0.3 is 15.6 Å². The molecule has 0 aromatic heterocycles. The fourth-order valence-corrected chi connectivity index (χ4v) is 1.65. The number of aryl methyl sites for hydroxylation is 1. The number of nitrogens with two attached hydrogens (primary N) is 1. The van der Waals surface area contributed by atoms with Crippen LogP contribution in [0.1, 0.15) is 11.1 Å². The quantitative estimate of drug-likeness (QED) is 0.791. The molecule has 0 aliphatic rings. The molecule has 18 heavy (non-hydrogen) atoms. The Bertz CT molecular complexity index is 613. The van der Waals surface area contributed by atoms with Crippen LogP contribution in [0.4, 0.5) is 5.69 Å². The Morgan fingerprint density at radius 1 is 1.22 bits per heavy atom. The summed E-state index contributed by atoms with van der Waals surface area (Å²) in [6, 6.07) is 11.7. The Labute approximate surface area is 105 Å². The van der Waals surface area contributed by atoms with Gasteiger partial charge in [-0.25, -0.2) is 0 Å². The fourth-order valence-electron chi connectivity index (χ4n) is 1.65. The third-order valence-electron chi connectivity index (χ3n) is 2.47. The van der Waals surface area contributed by atoms with Gasteiger partial charge in [-0.05, 0) is 48.9 Å². The summed E-state index contributed by atoms with van der Waals surface area (Å²) in [7, 11) is 0. The van der Waals surface area contributed by atoms with Crippen molar-refractivity contribution in [2.24, 2.45) is 0 Å². The molecular weight excluding hydrogens is 228 g/mol. The van der Waals surface area contributed by atoms with Crippen LogP contribution < -0.4 is 10.5 Å². The van der Waals surface area contributed by atoms with Crippen molar-refractivity contribution in [3.63, 3.8) is 0 Å². The van der Waals surface area contributed by atoms with Crippen LogP contribution in [0.2, 0.25) is 0 Å². The highest BCUT2D eigenvalue weighted by atomic mass is 16.5. The Balaban J connectivity index is 2.40. The molecule has 0 heterocycles. The van der Waals surface area contributed by atoms with Crippen molar-refractivity contribution >= 4 is 5.69 Å². The van der Waals surface area contributed by atoms with Gasteiger partial charge in [0.25, 0.3) is 0 Å². The summed E-state index contributed by atoms with van der Waals surface area (Å²) >= 11 is 0. The van der Waals surface area contributed by atoms with E-state index in [1.54, 1.807) is 24.3 Å². The zero-order valence-electron chi connectivity index (χ0n) is 9.84. The second-order valence-corrected chi connectivity index (χ2v) is 3.92. The summed E-state index contributed by atoms with van der Waals surface area (Å²) < 4.78 is 5.65. The smallest absolute Gasteiger partial charge is 0.148 e. The van der Waals surface area contributed by atoms with Crippen molar-refractivity contribution in [1.29, 1.82) is 5.26 Å². The molecule has 4 heteroatoms. The number of phenols is 1. The molecule has 0 aliphatic heterocycles. The van der Waals surface area contributed by atoms with Gasteiger partial charge in [0.05, 0.1) is 5.56 Å². The average Bonchev–Trinajstić information content (AvgIpc) is 2.34. The van der Waals surface area contributed by atoms with Crippen LogP contribution in [0.3, 0.4) is 0 Å². The van der Waals surface area contributed by atoms with E-state index in [1.807, 2.05) is 6.92 Å². The molecule has 0 aliphatic carbocycles. The molecule has 0 saturated heterocycles. The zero-order chi connectivity index (χ0) is 13.1. The van der Waals surface area contributed by atoms with Gasteiger partial charge >= 0.3 is 0 Å². The van der Waals surface area contributed by atoms with Crippen LogP contribution in [0.25, 0.3) is 0 Å². The van der Waals surface area contributed by atoms with Crippen LogP contribution in [0.15, 0.2) is 36.4 Å². The third kappa shape index (κ3) is 2.36. The number of aromatic hydroxyl groups is 1. The maximum absolute atomic E-state index is 9.19. The molecule has 0 spiro atoms. The van der Waals surface area contributed by atoms with Crippen LogP contribution >= 0.6 is 0 Å². The Morgan fingerprint density at radius 2 is 1.89 bits per heavy atom. The molecule has 2 aromatic rings. The highest BCUT2D eigenvalue weighted by Gasteiger charge is 2.09. The molecular formula is C14H12N2O2. The van der Waals surface area contributed by atoms with Gasteiger partial charge in [-0.2, -0.15) is 5.26 Å². The zero-order valence-corrected chi connectivity index (χ0v) is 9.84. The lowest BCUT2D eigenvalue weighted by Crippen LogP contribution is -1.94. The molecule has 90 valence electrons. The minimum absolute atomic E-state index is 0.164. The minimum atomic E-state index is 0.164. The van der Waals surface area contributed by atoms with Gasteiger partial charge in [0.1, 0.15) is 23.3 Å². The van der Waals surface area contributed by atoms with Gasteiger partial charge in [-0.3, -0.25) is 0 Å². The number of nitriles is 1. The van der Waals surface area contributed by atoms with Crippen molar-refractivity contribution in [2.45, 2.75) is 6.92 Å². The van der Waals surface area contributed by atoms with E-state index in [1.165, 1.54) is 12.1 Å². The van der Waals surface area contributed by atoms with Gasteiger partial charge in [0.15, 0.2) is 0 Å². The number of anilines is 1. The predicted octanol–water partition coefficient (Wildman–Crippen LogP) is 2.95. The number of ether oxygens (including phenoxy) is 1. The lowest BCUT2D eigenvalue weighted by Gasteiger charge is -2.11. The number of hydrogen-bond donors (Lipinski definition) is 2. The van der Waals surface area contributed by atoms with Crippen molar-refractivity contribution in [3.05, 3.63) is 47.5 Å². The van der Waals surface area contributed by atoms with E-state index in [9.17, 15) is 5.11 Å². The third-order valence-corrected chi connectivity index (χ3v) is 2.47. The summed E-state index contributed by atoms with van der Waals surface area (Å²) in [6.07, 6.45) is 0. The second kappa shape index (κ2) is 4.68. The van der Waals surface area contributed by atoms with Gasteiger partial charge in [0, 0.05) is 5.69 Å². The van der Waals surface area contributed by atoms with Crippen molar-refractivity contribution in [3.8, 4) is 23.3 Å². The van der Waals surface area contributed by atoms with Crippen LogP contribution in [-0.2, 0) is 0 Å². The highest BCUT2D eigenvalue weighted by molar-refractivity contribution is 5.58. The molecule has 0 fully saturated rings. The standard InChI is InChI=1S/C14H12N2O2/c1-9-6-11(16)7-10(8-15)14(9)18-13-4-2-12(17)3-5-13/h2-7,17H,16H2,1H3. The lowest BCUT2D eigenvalue weighted by molar-refractivity contribution is 0.462. The van der Waals surface area contributed by atoms with E-state index < -0.39 is 0 Å². The molecule has 0 unspecified atom stereocenters. The number of nitrogen functional groups attached to an aromatic ring is 1. The normalized spacial score (nSPS) is 9.78. The number of hydrogen-bond acceptors (Lipinski definition) is 4. The van der Waals surface area contributed by atoms with Crippen molar-refractivity contribution in [1.82, 2.24) is 0 Å². The molecule has 2 rings (SSSR count). The second-order valence-electron chi connectivity index (χ2n) is 3.92. The molecule has 0 radical (unpaired) electrons. The lowest BCUT2D eigenvalue weighted by atomic mass is 10.1. The fraction of sp³-hybridized carbons (Fsp3) is 0.0714. The van der Waals surface area contributed by atoms with E-state index in [2.05, 4.69) is 6.07 Å². The first-order chi connectivity index (χ1) is 8.60. The Morgan fingerprint density at radius 3 is 2.50 bits per heavy atom. The van der Waals surface area contributed by atoms with Crippen molar-refractivity contribution < 1.29 is 9.84 Å². The summed E-state index contributed by atoms with van der Waals surface area (Å²) in [5.41, 5.74) is 7.39. The molecule has 4 nitrogen and oxygen atoms in total. The average molecular weight is 240 g/mol. The Kier molecular flexibility index (Phi) is 3.07. The maximum Gasteiger partial charge on any atom is 0.148 e. The van der Waals surface area contributed by atoms with Crippen molar-refractivity contribution in [2.75, 3.05) is 5.73 Å². The number of rotatable bonds is 2. The number of benzene rings is 2. The summed E-state index contributed by atoms with van der Waals surface area (Å²) in [4.78, 5) is 0. The molecule has 0 atom stereocenters. The van der Waals surface area contributed by atoms with Gasteiger partial charge in [-0.15, -0.1) is 0 Å². The number of phenolic OH excluding ortho intramolecular Hbond substituents is 1. The maximum atomic E-state index is 9.19. The number of nitrogens with zero attached hydrogens (tertiary/aromatic N) is 1. The topological polar surface area (TPSA) is 79.3 Å². The summed E-state index contributed by atoms with van der Waals surface area (Å²) in [5.74, 6) is 1.20.